The SMILES string of the molecule is C=C(C)COC(=O)C(O)COc1ccc(C(C)(C)c2ccc(OCC(O)C(=O)OCC(=C)C)cc2)cc1. The zero-order valence-corrected chi connectivity index (χ0v) is 21.9. The molecular formula is C29H36O8. The number of carbonyl (C=O) groups is 2. The number of esters is 2. The molecule has 8 heteroatoms. The van der Waals surface area contributed by atoms with Crippen molar-refractivity contribution >= 4 is 11.9 Å². The van der Waals surface area contributed by atoms with Crippen molar-refractivity contribution in [3.8, 4) is 11.5 Å². The van der Waals surface area contributed by atoms with Crippen molar-refractivity contribution in [2.24, 2.45) is 0 Å². The standard InChI is InChI=1S/C29H36O8/c1-19(2)15-36-27(32)25(30)17-34-23-11-7-21(8-12-23)29(5,6)22-9-13-24(14-10-22)35-18-26(31)28(33)37-16-20(3)4/h7-14,25-26,30-31H,1,3,15-18H2,2,4-6H3. The summed E-state index contributed by atoms with van der Waals surface area (Å²) in [5.41, 5.74) is 3.04. The fraction of sp³-hybridized carbons (Fsp3) is 0.379. The van der Waals surface area contributed by atoms with E-state index < -0.39 is 24.1 Å². The van der Waals surface area contributed by atoms with Gasteiger partial charge in [-0.25, -0.2) is 9.59 Å². The number of aliphatic hydroxyl groups excluding tert-OH is 2. The Balaban J connectivity index is 1.92. The van der Waals surface area contributed by atoms with Crippen LogP contribution in [0, 0.1) is 0 Å². The third kappa shape index (κ3) is 9.40. The molecule has 8 nitrogen and oxygen atoms in total. The van der Waals surface area contributed by atoms with Gasteiger partial charge in [-0.1, -0.05) is 51.3 Å². The third-order valence-electron chi connectivity index (χ3n) is 5.43. The molecule has 200 valence electrons. The monoisotopic (exact) mass is 512 g/mol. The molecule has 0 spiro atoms. The third-order valence-corrected chi connectivity index (χ3v) is 5.43. The van der Waals surface area contributed by atoms with Crippen molar-refractivity contribution in [1.29, 1.82) is 0 Å². The Hall–Kier alpha value is -3.62. The molecule has 2 aromatic rings. The van der Waals surface area contributed by atoms with E-state index in [1.807, 2.05) is 24.3 Å². The molecule has 0 fully saturated rings. The fourth-order valence-electron chi connectivity index (χ4n) is 3.17. The maximum absolute atomic E-state index is 11.7. The van der Waals surface area contributed by atoms with E-state index in [2.05, 4.69) is 27.0 Å². The molecule has 0 saturated heterocycles. The molecule has 2 atom stereocenters. The van der Waals surface area contributed by atoms with Gasteiger partial charge in [0.2, 0.25) is 0 Å². The van der Waals surface area contributed by atoms with Gasteiger partial charge in [0, 0.05) is 5.41 Å². The second-order valence-corrected chi connectivity index (χ2v) is 9.46. The highest BCUT2D eigenvalue weighted by atomic mass is 16.6. The van der Waals surface area contributed by atoms with Gasteiger partial charge in [-0.15, -0.1) is 0 Å². The average Bonchev–Trinajstić information content (AvgIpc) is 2.87. The van der Waals surface area contributed by atoms with Gasteiger partial charge in [0.05, 0.1) is 0 Å². The summed E-state index contributed by atoms with van der Waals surface area (Å²) in [5, 5.41) is 19.8. The first kappa shape index (κ1) is 29.6. The summed E-state index contributed by atoms with van der Waals surface area (Å²) in [4.78, 5) is 23.5. The number of hydrogen-bond donors (Lipinski definition) is 2. The Morgan fingerprint density at radius 2 is 1.05 bits per heavy atom. The molecule has 0 radical (unpaired) electrons. The molecule has 0 aliphatic heterocycles. The minimum absolute atomic E-state index is 0.0548. The maximum atomic E-state index is 11.7. The van der Waals surface area contributed by atoms with Gasteiger partial charge in [-0.3, -0.25) is 0 Å². The topological polar surface area (TPSA) is 112 Å². The summed E-state index contributed by atoms with van der Waals surface area (Å²) < 4.78 is 20.9. The van der Waals surface area contributed by atoms with Gasteiger partial charge >= 0.3 is 11.9 Å². The number of hydrogen-bond acceptors (Lipinski definition) is 8. The molecule has 0 aromatic heterocycles. The van der Waals surface area contributed by atoms with E-state index in [0.29, 0.717) is 22.6 Å². The van der Waals surface area contributed by atoms with Crippen LogP contribution in [-0.2, 0) is 24.5 Å². The van der Waals surface area contributed by atoms with Crippen LogP contribution in [0.1, 0.15) is 38.8 Å². The van der Waals surface area contributed by atoms with Crippen LogP contribution in [0.3, 0.4) is 0 Å². The van der Waals surface area contributed by atoms with Crippen molar-refractivity contribution in [3.63, 3.8) is 0 Å². The zero-order valence-electron chi connectivity index (χ0n) is 21.9. The summed E-state index contributed by atoms with van der Waals surface area (Å²) in [6, 6.07) is 14.8. The van der Waals surface area contributed by atoms with Gasteiger partial charge in [-0.2, -0.15) is 0 Å². The molecule has 0 aliphatic rings. The van der Waals surface area contributed by atoms with Crippen molar-refractivity contribution in [3.05, 3.63) is 84.0 Å². The molecule has 2 unspecified atom stereocenters. The lowest BCUT2D eigenvalue weighted by atomic mass is 9.78. The lowest BCUT2D eigenvalue weighted by Crippen LogP contribution is -2.29. The van der Waals surface area contributed by atoms with Crippen LogP contribution in [0.4, 0.5) is 0 Å². The van der Waals surface area contributed by atoms with Crippen LogP contribution >= 0.6 is 0 Å². The number of aliphatic hydroxyl groups is 2. The first-order valence-corrected chi connectivity index (χ1v) is 11.8. The molecule has 0 saturated carbocycles. The molecule has 2 aromatic carbocycles. The van der Waals surface area contributed by atoms with Crippen LogP contribution in [0.2, 0.25) is 0 Å². The quantitative estimate of drug-likeness (QED) is 0.291. The van der Waals surface area contributed by atoms with E-state index in [1.165, 1.54) is 0 Å². The maximum Gasteiger partial charge on any atom is 0.338 e. The molecular weight excluding hydrogens is 476 g/mol. The molecule has 0 aliphatic carbocycles. The van der Waals surface area contributed by atoms with Crippen molar-refractivity contribution in [2.45, 2.75) is 45.3 Å². The minimum Gasteiger partial charge on any atom is -0.490 e. The summed E-state index contributed by atoms with van der Waals surface area (Å²) in [7, 11) is 0. The van der Waals surface area contributed by atoms with Crippen molar-refractivity contribution in [2.75, 3.05) is 26.4 Å². The summed E-state index contributed by atoms with van der Waals surface area (Å²) >= 11 is 0. The smallest absolute Gasteiger partial charge is 0.338 e. The van der Waals surface area contributed by atoms with Crippen LogP contribution in [-0.4, -0.2) is 60.8 Å². The molecule has 2 N–H and O–H groups in total. The highest BCUT2D eigenvalue weighted by Crippen LogP contribution is 2.33. The van der Waals surface area contributed by atoms with E-state index >= 15 is 0 Å². The fourth-order valence-corrected chi connectivity index (χ4v) is 3.17. The molecule has 2 rings (SSSR count). The number of benzene rings is 2. The Bertz CT molecular complexity index is 985. The molecule has 0 heterocycles. The first-order chi connectivity index (χ1) is 17.4. The Kier molecular flexibility index (Phi) is 10.9. The van der Waals surface area contributed by atoms with Gasteiger partial charge in [-0.05, 0) is 60.4 Å². The van der Waals surface area contributed by atoms with Gasteiger partial charge in [0.25, 0.3) is 0 Å². The zero-order chi connectivity index (χ0) is 27.6. The van der Waals surface area contributed by atoms with Gasteiger partial charge in [0.15, 0.2) is 12.2 Å². The number of carbonyl (C=O) groups excluding carboxylic acids is 2. The first-order valence-electron chi connectivity index (χ1n) is 11.8. The van der Waals surface area contributed by atoms with Crippen LogP contribution in [0.25, 0.3) is 0 Å². The second kappa shape index (κ2) is 13.6. The Morgan fingerprint density at radius 3 is 1.35 bits per heavy atom. The van der Waals surface area contributed by atoms with E-state index in [4.69, 9.17) is 18.9 Å². The minimum atomic E-state index is -1.39. The van der Waals surface area contributed by atoms with Crippen molar-refractivity contribution in [1.82, 2.24) is 0 Å². The average molecular weight is 513 g/mol. The highest BCUT2D eigenvalue weighted by Gasteiger charge is 2.24. The predicted octanol–water partition coefficient (Wildman–Crippen LogP) is 3.73. The van der Waals surface area contributed by atoms with E-state index in [1.54, 1.807) is 38.1 Å². The second-order valence-electron chi connectivity index (χ2n) is 9.46. The van der Waals surface area contributed by atoms with Gasteiger partial charge < -0.3 is 29.2 Å². The van der Waals surface area contributed by atoms with E-state index in [-0.39, 0.29) is 31.8 Å². The number of rotatable bonds is 14. The lowest BCUT2D eigenvalue weighted by Gasteiger charge is -2.26. The van der Waals surface area contributed by atoms with Crippen LogP contribution < -0.4 is 9.47 Å². The summed E-state index contributed by atoms with van der Waals surface area (Å²) in [5.74, 6) is -0.499. The largest absolute Gasteiger partial charge is 0.490 e. The van der Waals surface area contributed by atoms with E-state index in [0.717, 1.165) is 11.1 Å². The molecule has 0 bridgehead atoms. The molecule has 37 heavy (non-hydrogen) atoms. The predicted molar refractivity (Wildman–Crippen MR) is 140 cm³/mol. The van der Waals surface area contributed by atoms with Gasteiger partial charge in [0.1, 0.15) is 37.9 Å². The van der Waals surface area contributed by atoms with Crippen molar-refractivity contribution < 1.29 is 38.7 Å². The van der Waals surface area contributed by atoms with Crippen LogP contribution in [0.15, 0.2) is 72.8 Å². The lowest BCUT2D eigenvalue weighted by molar-refractivity contribution is -0.154. The van der Waals surface area contributed by atoms with E-state index in [9.17, 15) is 19.8 Å². The summed E-state index contributed by atoms with van der Waals surface area (Å²) in [6.07, 6.45) is -2.78. The highest BCUT2D eigenvalue weighted by molar-refractivity contribution is 5.75. The molecule has 0 amide bonds. The Labute approximate surface area is 218 Å². The van der Waals surface area contributed by atoms with Crippen LogP contribution in [0.5, 0.6) is 11.5 Å². The normalized spacial score (nSPS) is 12.7. The Morgan fingerprint density at radius 1 is 0.730 bits per heavy atom. The number of ether oxygens (including phenoxy) is 4. The summed E-state index contributed by atoms with van der Waals surface area (Å²) in [6.45, 7) is 14.5.